The Morgan fingerprint density at radius 3 is 2.52 bits per heavy atom. The third-order valence-electron chi connectivity index (χ3n) is 4.71. The summed E-state index contributed by atoms with van der Waals surface area (Å²) in [4.78, 5) is 22.2. The van der Waals surface area contributed by atoms with Gasteiger partial charge in [0.25, 0.3) is 0 Å². The summed E-state index contributed by atoms with van der Waals surface area (Å²) in [6, 6.07) is 13.0. The zero-order valence-electron chi connectivity index (χ0n) is 15.8. The number of hydrogen-bond donors (Lipinski definition) is 1. The Morgan fingerprint density at radius 2 is 1.83 bits per heavy atom. The fourth-order valence-corrected chi connectivity index (χ4v) is 3.74. The van der Waals surface area contributed by atoms with Crippen LogP contribution in [-0.2, 0) is 17.6 Å². The molecule has 1 atom stereocenters. The van der Waals surface area contributed by atoms with E-state index >= 15 is 0 Å². The van der Waals surface area contributed by atoms with Crippen LogP contribution in [0.5, 0.6) is 0 Å². The number of nitrogens with zero attached hydrogens (tertiary/aromatic N) is 3. The van der Waals surface area contributed by atoms with Gasteiger partial charge in [-0.3, -0.25) is 19.7 Å². The molecule has 0 radical (unpaired) electrons. The highest BCUT2D eigenvalue weighted by Gasteiger charge is 2.25. The largest absolute Gasteiger partial charge is 0.369 e. The third kappa shape index (κ3) is 6.26. The molecule has 2 aromatic heterocycles. The van der Waals surface area contributed by atoms with Crippen molar-refractivity contribution in [2.75, 3.05) is 13.1 Å². The van der Waals surface area contributed by atoms with Crippen LogP contribution in [-0.4, -0.2) is 33.9 Å². The molecule has 0 aliphatic heterocycles. The minimum Gasteiger partial charge on any atom is -0.369 e. The van der Waals surface area contributed by atoms with Gasteiger partial charge in [-0.1, -0.05) is 29.3 Å². The molecule has 1 amide bonds. The van der Waals surface area contributed by atoms with Crippen LogP contribution in [0.15, 0.2) is 67.3 Å². The molecule has 0 aliphatic rings. The van der Waals surface area contributed by atoms with Crippen molar-refractivity contribution in [2.45, 2.75) is 18.9 Å². The Bertz CT molecular complexity index is 938. The Labute approximate surface area is 180 Å². The summed E-state index contributed by atoms with van der Waals surface area (Å²) < 4.78 is 0. The number of primary amides is 1. The van der Waals surface area contributed by atoms with Crippen LogP contribution in [0.2, 0.25) is 10.0 Å². The lowest BCUT2D eigenvalue weighted by atomic mass is 9.97. The highest BCUT2D eigenvalue weighted by atomic mass is 35.5. The van der Waals surface area contributed by atoms with Crippen LogP contribution < -0.4 is 5.73 Å². The average molecular weight is 429 g/mol. The van der Waals surface area contributed by atoms with Gasteiger partial charge in [-0.2, -0.15) is 0 Å². The normalized spacial score (nSPS) is 12.1. The van der Waals surface area contributed by atoms with E-state index in [1.807, 2.05) is 41.4 Å². The van der Waals surface area contributed by atoms with Crippen molar-refractivity contribution in [2.24, 2.45) is 5.73 Å². The van der Waals surface area contributed by atoms with Gasteiger partial charge in [0.1, 0.15) is 0 Å². The summed E-state index contributed by atoms with van der Waals surface area (Å²) in [6.45, 7) is 0.728. The molecule has 1 unspecified atom stereocenters. The minimum atomic E-state index is -0.394. The number of hydrogen-bond acceptors (Lipinski definition) is 4. The molecule has 0 saturated heterocycles. The van der Waals surface area contributed by atoms with Gasteiger partial charge in [0.15, 0.2) is 0 Å². The number of rotatable bonds is 9. The maximum absolute atomic E-state index is 11.9. The number of halogens is 2. The van der Waals surface area contributed by atoms with Gasteiger partial charge < -0.3 is 5.73 Å². The summed E-state index contributed by atoms with van der Waals surface area (Å²) in [5.41, 5.74) is 8.61. The fourth-order valence-electron chi connectivity index (χ4n) is 3.31. The molecule has 7 heteroatoms. The smallest absolute Gasteiger partial charge is 0.231 e. The lowest BCUT2D eigenvalue weighted by molar-refractivity contribution is -0.119. The van der Waals surface area contributed by atoms with E-state index < -0.39 is 5.91 Å². The van der Waals surface area contributed by atoms with E-state index in [1.165, 1.54) is 0 Å². The second-order valence-electron chi connectivity index (χ2n) is 6.79. The summed E-state index contributed by atoms with van der Waals surface area (Å²) in [5, 5.41) is 1.19. The molecule has 150 valence electrons. The predicted molar refractivity (Wildman–Crippen MR) is 116 cm³/mol. The molecule has 3 aromatic rings. The first-order valence-corrected chi connectivity index (χ1v) is 10.0. The molecule has 29 heavy (non-hydrogen) atoms. The zero-order chi connectivity index (χ0) is 20.6. The molecule has 0 aliphatic carbocycles. The molecule has 2 heterocycles. The van der Waals surface area contributed by atoms with Crippen LogP contribution in [0.25, 0.3) is 0 Å². The molecule has 1 aromatic carbocycles. The molecule has 3 rings (SSSR count). The quantitative estimate of drug-likeness (QED) is 0.556. The lowest BCUT2D eigenvalue weighted by Gasteiger charge is -2.32. The van der Waals surface area contributed by atoms with Crippen LogP contribution in [0.1, 0.15) is 22.7 Å². The first-order valence-electron chi connectivity index (χ1n) is 9.28. The molecule has 5 nitrogen and oxygen atoms in total. The first-order chi connectivity index (χ1) is 14.0. The molecule has 0 saturated carbocycles. The molecule has 0 spiro atoms. The van der Waals surface area contributed by atoms with Crippen molar-refractivity contribution in [3.05, 3.63) is 94.0 Å². The Hall–Kier alpha value is -2.47. The number of benzene rings is 1. The molecule has 0 fully saturated rings. The number of aromatic nitrogens is 2. The minimum absolute atomic E-state index is 0.110. The number of amides is 1. The van der Waals surface area contributed by atoms with Crippen molar-refractivity contribution in [1.82, 2.24) is 14.9 Å². The van der Waals surface area contributed by atoms with Gasteiger partial charge in [-0.15, -0.1) is 0 Å². The summed E-state index contributed by atoms with van der Waals surface area (Å²) in [7, 11) is 0. The first kappa shape index (κ1) is 21.2. The van der Waals surface area contributed by atoms with Crippen molar-refractivity contribution in [3.63, 3.8) is 0 Å². The standard InChI is InChI=1S/C22H22Cl2N4O/c23-18-3-4-20(24)19(13-18)21(12-16-5-9-26-10-6-16)28(15-22(25)29)11-7-17-2-1-8-27-14-17/h1-6,8-10,13-14,21H,7,11-12,15H2,(H2,25,29). The van der Waals surface area contributed by atoms with Crippen molar-refractivity contribution >= 4 is 29.1 Å². The Balaban J connectivity index is 1.94. The van der Waals surface area contributed by atoms with Gasteiger partial charge in [0, 0.05) is 47.4 Å². The van der Waals surface area contributed by atoms with Gasteiger partial charge in [0.2, 0.25) is 5.91 Å². The molecular formula is C22H22Cl2N4O. The highest BCUT2D eigenvalue weighted by Crippen LogP contribution is 2.33. The van der Waals surface area contributed by atoms with E-state index in [9.17, 15) is 4.79 Å². The van der Waals surface area contributed by atoms with Crippen LogP contribution in [0.4, 0.5) is 0 Å². The van der Waals surface area contributed by atoms with Gasteiger partial charge in [-0.05, 0) is 65.9 Å². The highest BCUT2D eigenvalue weighted by molar-refractivity contribution is 6.33. The second kappa shape index (κ2) is 10.3. The van der Waals surface area contributed by atoms with Crippen molar-refractivity contribution < 1.29 is 4.79 Å². The molecular weight excluding hydrogens is 407 g/mol. The van der Waals surface area contributed by atoms with Crippen molar-refractivity contribution in [3.8, 4) is 0 Å². The number of nitrogens with two attached hydrogens (primary N) is 1. The number of carbonyl (C=O) groups is 1. The van der Waals surface area contributed by atoms with E-state index in [0.717, 1.165) is 23.1 Å². The Kier molecular flexibility index (Phi) is 7.58. The van der Waals surface area contributed by atoms with Crippen LogP contribution in [0.3, 0.4) is 0 Å². The number of carbonyl (C=O) groups excluding carboxylic acids is 1. The van der Waals surface area contributed by atoms with Crippen LogP contribution >= 0.6 is 23.2 Å². The summed E-state index contributed by atoms with van der Waals surface area (Å²) in [6.07, 6.45) is 8.43. The maximum Gasteiger partial charge on any atom is 0.231 e. The maximum atomic E-state index is 11.9. The third-order valence-corrected chi connectivity index (χ3v) is 5.28. The predicted octanol–water partition coefficient (Wildman–Crippen LogP) is 4.10. The van der Waals surface area contributed by atoms with E-state index in [2.05, 4.69) is 9.97 Å². The summed E-state index contributed by atoms with van der Waals surface area (Å²) in [5.74, 6) is -0.394. The zero-order valence-corrected chi connectivity index (χ0v) is 17.4. The van der Waals surface area contributed by atoms with E-state index in [4.69, 9.17) is 28.9 Å². The van der Waals surface area contributed by atoms with Gasteiger partial charge in [-0.25, -0.2) is 0 Å². The van der Waals surface area contributed by atoms with Crippen LogP contribution in [0, 0.1) is 0 Å². The molecule has 2 N–H and O–H groups in total. The van der Waals surface area contributed by atoms with E-state index in [-0.39, 0.29) is 12.6 Å². The summed E-state index contributed by atoms with van der Waals surface area (Å²) >= 11 is 12.8. The topological polar surface area (TPSA) is 72.1 Å². The lowest BCUT2D eigenvalue weighted by Crippen LogP contribution is -2.39. The number of pyridine rings is 2. The Morgan fingerprint density at radius 1 is 1.03 bits per heavy atom. The SMILES string of the molecule is NC(=O)CN(CCc1cccnc1)C(Cc1ccncc1)c1cc(Cl)ccc1Cl. The fraction of sp³-hybridized carbons (Fsp3) is 0.227. The average Bonchev–Trinajstić information content (AvgIpc) is 2.73. The molecule has 0 bridgehead atoms. The van der Waals surface area contributed by atoms with E-state index in [1.54, 1.807) is 30.7 Å². The van der Waals surface area contributed by atoms with Crippen molar-refractivity contribution in [1.29, 1.82) is 0 Å². The van der Waals surface area contributed by atoms with E-state index in [0.29, 0.717) is 23.0 Å². The van der Waals surface area contributed by atoms with Gasteiger partial charge in [0.05, 0.1) is 6.54 Å². The second-order valence-corrected chi connectivity index (χ2v) is 7.63. The van der Waals surface area contributed by atoms with Gasteiger partial charge >= 0.3 is 0 Å². The monoisotopic (exact) mass is 428 g/mol.